The smallest absolute Gasteiger partial charge is 0.323 e. The molecule has 0 amide bonds. The first kappa shape index (κ1) is 12.0. The molecule has 0 aliphatic carbocycles. The molecule has 0 aromatic heterocycles. The summed E-state index contributed by atoms with van der Waals surface area (Å²) in [5, 5.41) is 3.02. The topological polar surface area (TPSA) is 47.6 Å². The fourth-order valence-corrected chi connectivity index (χ4v) is 1.79. The van der Waals surface area contributed by atoms with Crippen molar-refractivity contribution in [2.45, 2.75) is 18.9 Å². The zero-order valence-electron chi connectivity index (χ0n) is 8.99. The van der Waals surface area contributed by atoms with Crippen molar-refractivity contribution in [3.05, 3.63) is 0 Å². The number of hydrogen-bond acceptors (Lipinski definition) is 4. The van der Waals surface area contributed by atoms with E-state index in [4.69, 9.17) is 15.9 Å². The van der Waals surface area contributed by atoms with E-state index in [1.165, 1.54) is 7.11 Å². The van der Waals surface area contributed by atoms with Crippen LogP contribution in [0.2, 0.25) is 0 Å². The van der Waals surface area contributed by atoms with Crippen LogP contribution in [-0.4, -0.2) is 38.9 Å². The molecule has 0 saturated carbocycles. The number of nitrogens with one attached hydrogen (secondary N) is 1. The van der Waals surface area contributed by atoms with Crippen LogP contribution in [-0.2, 0) is 14.3 Å². The zero-order chi connectivity index (χ0) is 11.1. The third-order valence-electron chi connectivity index (χ3n) is 2.62. The normalized spacial score (nSPS) is 19.2. The van der Waals surface area contributed by atoms with Crippen LogP contribution in [0.25, 0.3) is 0 Å². The van der Waals surface area contributed by atoms with Crippen molar-refractivity contribution in [3.63, 3.8) is 0 Å². The molecule has 4 heteroatoms. The average Bonchev–Trinajstić information content (AvgIpc) is 2.30. The molecule has 1 N–H and O–H groups in total. The minimum Gasteiger partial charge on any atom is -0.468 e. The van der Waals surface area contributed by atoms with Gasteiger partial charge in [0.2, 0.25) is 0 Å². The number of carbonyl (C=O) groups is 1. The van der Waals surface area contributed by atoms with Crippen LogP contribution < -0.4 is 5.32 Å². The highest BCUT2D eigenvalue weighted by atomic mass is 16.5. The lowest BCUT2D eigenvalue weighted by Crippen LogP contribution is -2.45. The maximum atomic E-state index is 11.5. The minimum atomic E-state index is -0.296. The van der Waals surface area contributed by atoms with Crippen LogP contribution in [0.3, 0.4) is 0 Å². The van der Waals surface area contributed by atoms with Gasteiger partial charge in [-0.15, -0.1) is 6.42 Å². The van der Waals surface area contributed by atoms with E-state index in [2.05, 4.69) is 11.2 Å². The number of ether oxygens (including phenoxy) is 2. The van der Waals surface area contributed by atoms with Gasteiger partial charge in [0.1, 0.15) is 6.04 Å². The molecule has 1 fully saturated rings. The summed E-state index contributed by atoms with van der Waals surface area (Å²) in [4.78, 5) is 11.5. The van der Waals surface area contributed by atoms with Crippen molar-refractivity contribution >= 4 is 5.97 Å². The minimum absolute atomic E-state index is 0.239. The number of hydrogen-bond donors (Lipinski definition) is 1. The monoisotopic (exact) mass is 211 g/mol. The number of esters is 1. The molecule has 1 aliphatic rings. The molecule has 0 bridgehead atoms. The molecule has 1 rings (SSSR count). The molecule has 4 nitrogen and oxygen atoms in total. The predicted octanol–water partition coefficient (Wildman–Crippen LogP) is 0.177. The van der Waals surface area contributed by atoms with Crippen LogP contribution in [0.4, 0.5) is 0 Å². The summed E-state index contributed by atoms with van der Waals surface area (Å²) in [5.74, 6) is 2.49. The highest BCUT2D eigenvalue weighted by Gasteiger charge is 2.29. The Hall–Kier alpha value is -1.05. The second-order valence-electron chi connectivity index (χ2n) is 3.54. The van der Waals surface area contributed by atoms with Crippen LogP contribution in [0.5, 0.6) is 0 Å². The SMILES string of the molecule is C#CCNC(C(=O)OC)C1CCOCC1. The highest BCUT2D eigenvalue weighted by molar-refractivity contribution is 5.76. The first-order chi connectivity index (χ1) is 7.29. The maximum absolute atomic E-state index is 11.5. The Kier molecular flexibility index (Phi) is 5.16. The summed E-state index contributed by atoms with van der Waals surface area (Å²) in [6, 6.07) is -0.296. The van der Waals surface area contributed by atoms with Gasteiger partial charge in [0, 0.05) is 13.2 Å². The molecule has 0 spiro atoms. The van der Waals surface area contributed by atoms with Gasteiger partial charge in [0.05, 0.1) is 13.7 Å². The van der Waals surface area contributed by atoms with E-state index in [0.29, 0.717) is 19.8 Å². The van der Waals surface area contributed by atoms with Gasteiger partial charge < -0.3 is 9.47 Å². The standard InChI is InChI=1S/C11H17NO3/c1-3-6-12-10(11(13)14-2)9-4-7-15-8-5-9/h1,9-10,12H,4-8H2,2H3. The molecule has 0 radical (unpaired) electrons. The van der Waals surface area contributed by atoms with Crippen LogP contribution in [0.15, 0.2) is 0 Å². The van der Waals surface area contributed by atoms with Crippen molar-refractivity contribution in [1.82, 2.24) is 5.32 Å². The fourth-order valence-electron chi connectivity index (χ4n) is 1.79. The van der Waals surface area contributed by atoms with Crippen molar-refractivity contribution in [2.24, 2.45) is 5.92 Å². The summed E-state index contributed by atoms with van der Waals surface area (Å²) < 4.78 is 10.00. The summed E-state index contributed by atoms with van der Waals surface area (Å²) in [7, 11) is 1.40. The van der Waals surface area contributed by atoms with Crippen molar-refractivity contribution < 1.29 is 14.3 Å². The van der Waals surface area contributed by atoms with Gasteiger partial charge in [-0.1, -0.05) is 5.92 Å². The van der Waals surface area contributed by atoms with Gasteiger partial charge in [0.25, 0.3) is 0 Å². The van der Waals surface area contributed by atoms with Gasteiger partial charge in [-0.25, -0.2) is 0 Å². The molecular weight excluding hydrogens is 194 g/mol. The third-order valence-corrected chi connectivity index (χ3v) is 2.62. The van der Waals surface area contributed by atoms with E-state index >= 15 is 0 Å². The molecule has 1 heterocycles. The van der Waals surface area contributed by atoms with Gasteiger partial charge in [-0.2, -0.15) is 0 Å². The van der Waals surface area contributed by atoms with E-state index in [0.717, 1.165) is 12.8 Å². The summed E-state index contributed by atoms with van der Waals surface area (Å²) >= 11 is 0. The number of rotatable bonds is 4. The lowest BCUT2D eigenvalue weighted by atomic mass is 9.92. The maximum Gasteiger partial charge on any atom is 0.323 e. The van der Waals surface area contributed by atoms with E-state index in [-0.39, 0.29) is 17.9 Å². The molecule has 84 valence electrons. The molecule has 1 atom stereocenters. The molecule has 0 aromatic rings. The van der Waals surface area contributed by atoms with Gasteiger partial charge in [-0.05, 0) is 18.8 Å². The van der Waals surface area contributed by atoms with Crippen LogP contribution in [0.1, 0.15) is 12.8 Å². The molecular formula is C11H17NO3. The van der Waals surface area contributed by atoms with Crippen molar-refractivity contribution in [2.75, 3.05) is 26.9 Å². The number of methoxy groups -OCH3 is 1. The summed E-state index contributed by atoms with van der Waals surface area (Å²) in [6.07, 6.45) is 6.90. The van der Waals surface area contributed by atoms with E-state index in [1.807, 2.05) is 0 Å². The Balaban J connectivity index is 2.53. The van der Waals surface area contributed by atoms with Gasteiger partial charge >= 0.3 is 5.97 Å². The Labute approximate surface area is 90.3 Å². The fraction of sp³-hybridized carbons (Fsp3) is 0.727. The van der Waals surface area contributed by atoms with Gasteiger partial charge in [0.15, 0.2) is 0 Å². The van der Waals surface area contributed by atoms with E-state index in [1.54, 1.807) is 0 Å². The quantitative estimate of drug-likeness (QED) is 0.532. The molecule has 15 heavy (non-hydrogen) atoms. The van der Waals surface area contributed by atoms with Crippen molar-refractivity contribution in [3.8, 4) is 12.3 Å². The lowest BCUT2D eigenvalue weighted by molar-refractivity contribution is -0.145. The Morgan fingerprint density at radius 3 is 2.87 bits per heavy atom. The Bertz CT molecular complexity index is 241. The largest absolute Gasteiger partial charge is 0.468 e. The second-order valence-corrected chi connectivity index (χ2v) is 3.54. The van der Waals surface area contributed by atoms with Crippen molar-refractivity contribution in [1.29, 1.82) is 0 Å². The summed E-state index contributed by atoms with van der Waals surface area (Å²) in [5.41, 5.74) is 0. The van der Waals surface area contributed by atoms with Crippen LogP contribution >= 0.6 is 0 Å². The highest BCUT2D eigenvalue weighted by Crippen LogP contribution is 2.19. The predicted molar refractivity (Wildman–Crippen MR) is 56.2 cm³/mol. The first-order valence-electron chi connectivity index (χ1n) is 5.12. The second kappa shape index (κ2) is 6.44. The molecule has 0 aromatic carbocycles. The number of carbonyl (C=O) groups excluding carboxylic acids is 1. The Morgan fingerprint density at radius 2 is 2.33 bits per heavy atom. The Morgan fingerprint density at radius 1 is 1.67 bits per heavy atom. The summed E-state index contributed by atoms with van der Waals surface area (Å²) in [6.45, 7) is 1.79. The molecule has 1 unspecified atom stereocenters. The lowest BCUT2D eigenvalue weighted by Gasteiger charge is -2.28. The van der Waals surface area contributed by atoms with E-state index < -0.39 is 0 Å². The van der Waals surface area contributed by atoms with E-state index in [9.17, 15) is 4.79 Å². The molecule has 1 saturated heterocycles. The average molecular weight is 211 g/mol. The molecule has 1 aliphatic heterocycles. The number of terminal acetylenes is 1. The van der Waals surface area contributed by atoms with Crippen LogP contribution in [0, 0.1) is 18.3 Å². The first-order valence-corrected chi connectivity index (χ1v) is 5.12. The van der Waals surface area contributed by atoms with Gasteiger partial charge in [-0.3, -0.25) is 10.1 Å². The zero-order valence-corrected chi connectivity index (χ0v) is 8.99. The third kappa shape index (κ3) is 3.54.